The van der Waals surface area contributed by atoms with Crippen LogP contribution in [0.1, 0.15) is 25.5 Å². The number of oxazole rings is 1. The van der Waals surface area contributed by atoms with Crippen molar-refractivity contribution in [2.45, 2.75) is 26.8 Å². The van der Waals surface area contributed by atoms with E-state index in [1.54, 1.807) is 13.1 Å². The third-order valence-corrected chi connectivity index (χ3v) is 1.81. The molecule has 6 heteroatoms. The van der Waals surface area contributed by atoms with E-state index < -0.39 is 11.9 Å². The Morgan fingerprint density at radius 1 is 1.50 bits per heavy atom. The highest BCUT2D eigenvalue weighted by molar-refractivity contribution is 6.32. The Morgan fingerprint density at radius 3 is 2.81 bits per heavy atom. The van der Waals surface area contributed by atoms with Crippen molar-refractivity contribution in [2.24, 2.45) is 0 Å². The van der Waals surface area contributed by atoms with Gasteiger partial charge < -0.3 is 14.5 Å². The van der Waals surface area contributed by atoms with Gasteiger partial charge in [0.1, 0.15) is 5.76 Å². The minimum absolute atomic E-state index is 0.0810. The fraction of sp³-hybridized carbons (Fsp3) is 0.500. The van der Waals surface area contributed by atoms with Crippen LogP contribution in [0, 0.1) is 0 Å². The molecule has 0 aliphatic carbocycles. The number of esters is 1. The molecule has 0 aliphatic rings. The molecule has 1 aromatic rings. The van der Waals surface area contributed by atoms with Gasteiger partial charge >= 0.3 is 11.9 Å². The number of carbonyl (C=O) groups excluding carboxylic acids is 2. The number of nitrogens with zero attached hydrogens (tertiary/aromatic N) is 1. The molecule has 0 aromatic carbocycles. The largest absolute Gasteiger partial charge is 0.459 e. The summed E-state index contributed by atoms with van der Waals surface area (Å²) in [6.07, 6.45) is 2.32. The molecule has 0 saturated heterocycles. The van der Waals surface area contributed by atoms with E-state index in [0.717, 1.165) is 12.2 Å². The Kier molecular flexibility index (Phi) is 4.50. The topological polar surface area (TPSA) is 81.4 Å². The Bertz CT molecular complexity index is 373. The second-order valence-electron chi connectivity index (χ2n) is 2.98. The molecule has 1 aromatic heterocycles. The third kappa shape index (κ3) is 3.38. The molecule has 1 heterocycles. The number of hydrogen-bond donors (Lipinski definition) is 1. The minimum Gasteiger partial charge on any atom is -0.459 e. The standard InChI is InChI=1S/C10H14N2O4/c1-3-7-5-11-8(16-7)6-12-9(13)10(14)15-4-2/h5H,3-4,6H2,1-2H3,(H,12,13). The molecule has 0 saturated carbocycles. The average molecular weight is 226 g/mol. The lowest BCUT2D eigenvalue weighted by molar-refractivity contribution is -0.154. The van der Waals surface area contributed by atoms with Crippen LogP contribution in [0.4, 0.5) is 0 Å². The summed E-state index contributed by atoms with van der Waals surface area (Å²) in [7, 11) is 0. The molecule has 1 rings (SSSR count). The van der Waals surface area contributed by atoms with Crippen molar-refractivity contribution in [2.75, 3.05) is 6.61 Å². The van der Waals surface area contributed by atoms with E-state index in [4.69, 9.17) is 4.42 Å². The van der Waals surface area contributed by atoms with E-state index in [1.165, 1.54) is 0 Å². The summed E-state index contributed by atoms with van der Waals surface area (Å²) in [5.74, 6) is -0.585. The van der Waals surface area contributed by atoms with Gasteiger partial charge in [-0.05, 0) is 6.92 Å². The zero-order chi connectivity index (χ0) is 12.0. The highest BCUT2D eigenvalue weighted by Crippen LogP contribution is 2.03. The summed E-state index contributed by atoms with van der Waals surface area (Å²) in [5.41, 5.74) is 0. The lowest BCUT2D eigenvalue weighted by Gasteiger charge is -2.01. The molecular formula is C10H14N2O4. The molecule has 0 fully saturated rings. The normalized spacial score (nSPS) is 9.88. The van der Waals surface area contributed by atoms with Crippen LogP contribution < -0.4 is 5.32 Å². The number of hydrogen-bond acceptors (Lipinski definition) is 5. The van der Waals surface area contributed by atoms with Crippen LogP contribution in [0.25, 0.3) is 0 Å². The van der Waals surface area contributed by atoms with E-state index >= 15 is 0 Å². The van der Waals surface area contributed by atoms with Gasteiger partial charge in [-0.3, -0.25) is 4.79 Å². The molecule has 0 unspecified atom stereocenters. The second kappa shape index (κ2) is 5.89. The van der Waals surface area contributed by atoms with Gasteiger partial charge in [-0.2, -0.15) is 0 Å². The Labute approximate surface area is 93.0 Å². The van der Waals surface area contributed by atoms with Gasteiger partial charge in [-0.15, -0.1) is 0 Å². The van der Waals surface area contributed by atoms with Gasteiger partial charge in [0.05, 0.1) is 19.3 Å². The zero-order valence-electron chi connectivity index (χ0n) is 9.28. The van der Waals surface area contributed by atoms with E-state index in [1.807, 2.05) is 6.92 Å². The van der Waals surface area contributed by atoms with Crippen LogP contribution in [0.3, 0.4) is 0 Å². The fourth-order valence-corrected chi connectivity index (χ4v) is 1.02. The molecule has 0 radical (unpaired) electrons. The molecule has 0 spiro atoms. The SMILES string of the molecule is CCOC(=O)C(=O)NCc1ncc(CC)o1. The maximum atomic E-state index is 11.1. The predicted octanol–water partition coefficient (Wildman–Crippen LogP) is 0.416. The number of rotatable bonds is 4. The van der Waals surface area contributed by atoms with E-state index in [9.17, 15) is 9.59 Å². The molecule has 16 heavy (non-hydrogen) atoms. The molecule has 1 amide bonds. The number of ether oxygens (including phenoxy) is 1. The van der Waals surface area contributed by atoms with Crippen LogP contribution >= 0.6 is 0 Å². The van der Waals surface area contributed by atoms with Crippen LogP contribution in [-0.4, -0.2) is 23.5 Å². The summed E-state index contributed by atoms with van der Waals surface area (Å²) >= 11 is 0. The number of amides is 1. The van der Waals surface area contributed by atoms with E-state index in [2.05, 4.69) is 15.0 Å². The molecule has 0 aliphatic heterocycles. The molecule has 6 nitrogen and oxygen atoms in total. The lowest BCUT2D eigenvalue weighted by Crippen LogP contribution is -2.32. The van der Waals surface area contributed by atoms with Crippen LogP contribution in [-0.2, 0) is 27.3 Å². The average Bonchev–Trinajstić information content (AvgIpc) is 2.74. The molecule has 88 valence electrons. The number of aryl methyl sites for hydroxylation is 1. The van der Waals surface area contributed by atoms with Gasteiger partial charge in [-0.1, -0.05) is 6.92 Å². The highest BCUT2D eigenvalue weighted by atomic mass is 16.5. The van der Waals surface area contributed by atoms with E-state index in [0.29, 0.717) is 5.89 Å². The minimum atomic E-state index is -0.898. The van der Waals surface area contributed by atoms with Crippen molar-refractivity contribution in [3.63, 3.8) is 0 Å². The van der Waals surface area contributed by atoms with Crippen LogP contribution in [0.5, 0.6) is 0 Å². The Balaban J connectivity index is 2.39. The summed E-state index contributed by atoms with van der Waals surface area (Å²) in [6, 6.07) is 0. The molecule has 0 atom stereocenters. The number of aromatic nitrogens is 1. The summed E-state index contributed by atoms with van der Waals surface area (Å²) < 4.78 is 9.76. The van der Waals surface area contributed by atoms with Gasteiger partial charge in [-0.25, -0.2) is 9.78 Å². The van der Waals surface area contributed by atoms with Crippen molar-refractivity contribution >= 4 is 11.9 Å². The zero-order valence-corrected chi connectivity index (χ0v) is 9.28. The van der Waals surface area contributed by atoms with Crippen molar-refractivity contribution in [3.05, 3.63) is 17.8 Å². The molecule has 1 N–H and O–H groups in total. The highest BCUT2D eigenvalue weighted by Gasteiger charge is 2.14. The Hall–Kier alpha value is -1.85. The number of nitrogens with one attached hydrogen (secondary N) is 1. The predicted molar refractivity (Wildman–Crippen MR) is 54.4 cm³/mol. The van der Waals surface area contributed by atoms with Gasteiger partial charge in [0.25, 0.3) is 0 Å². The first-order chi connectivity index (χ1) is 7.67. The van der Waals surface area contributed by atoms with Crippen molar-refractivity contribution in [1.82, 2.24) is 10.3 Å². The van der Waals surface area contributed by atoms with E-state index in [-0.39, 0.29) is 13.2 Å². The van der Waals surface area contributed by atoms with Gasteiger partial charge in [0.15, 0.2) is 0 Å². The first-order valence-corrected chi connectivity index (χ1v) is 5.05. The van der Waals surface area contributed by atoms with Crippen molar-refractivity contribution < 1.29 is 18.7 Å². The first-order valence-electron chi connectivity index (χ1n) is 5.05. The Morgan fingerprint density at radius 2 is 2.25 bits per heavy atom. The summed E-state index contributed by atoms with van der Waals surface area (Å²) in [5, 5.41) is 2.35. The number of carbonyl (C=O) groups is 2. The van der Waals surface area contributed by atoms with Gasteiger partial charge in [0.2, 0.25) is 5.89 Å². The van der Waals surface area contributed by atoms with Gasteiger partial charge in [0, 0.05) is 6.42 Å². The maximum absolute atomic E-state index is 11.1. The fourth-order valence-electron chi connectivity index (χ4n) is 1.02. The second-order valence-corrected chi connectivity index (χ2v) is 2.98. The van der Waals surface area contributed by atoms with Crippen LogP contribution in [0.15, 0.2) is 10.6 Å². The smallest absolute Gasteiger partial charge is 0.396 e. The van der Waals surface area contributed by atoms with Crippen molar-refractivity contribution in [1.29, 1.82) is 0 Å². The summed E-state index contributed by atoms with van der Waals surface area (Å²) in [6.45, 7) is 3.82. The third-order valence-electron chi connectivity index (χ3n) is 1.81. The quantitative estimate of drug-likeness (QED) is 0.594. The lowest BCUT2D eigenvalue weighted by atomic mass is 10.4. The van der Waals surface area contributed by atoms with Crippen LogP contribution in [0.2, 0.25) is 0 Å². The van der Waals surface area contributed by atoms with Crippen molar-refractivity contribution in [3.8, 4) is 0 Å². The molecule has 0 bridgehead atoms. The molecular weight excluding hydrogens is 212 g/mol. The monoisotopic (exact) mass is 226 g/mol. The summed E-state index contributed by atoms with van der Waals surface area (Å²) in [4.78, 5) is 26.0. The first kappa shape index (κ1) is 12.2. The maximum Gasteiger partial charge on any atom is 0.396 e.